The number of nitrogens with two attached hydrogens (primary N) is 2. The Morgan fingerprint density at radius 2 is 2.20 bits per heavy atom. The molecule has 1 atom stereocenters. The highest BCUT2D eigenvalue weighted by Gasteiger charge is 2.28. The van der Waals surface area contributed by atoms with E-state index in [0.29, 0.717) is 25.4 Å². The number of nitrogen functional groups attached to an aromatic ring is 1. The van der Waals surface area contributed by atoms with Crippen molar-refractivity contribution >= 4 is 28.3 Å². The van der Waals surface area contributed by atoms with Gasteiger partial charge < -0.3 is 21.1 Å². The first-order chi connectivity index (χ1) is 9.65. The molecule has 0 saturated carbocycles. The molecular formula is C14H16N4O2. The lowest BCUT2D eigenvalue weighted by molar-refractivity contribution is -0.121. The van der Waals surface area contributed by atoms with Gasteiger partial charge in [-0.3, -0.25) is 4.79 Å². The van der Waals surface area contributed by atoms with Crippen molar-refractivity contribution in [3.8, 4) is 0 Å². The Hall–Kier alpha value is -2.34. The van der Waals surface area contributed by atoms with Crippen LogP contribution in [0.1, 0.15) is 0 Å². The fraction of sp³-hybridized carbons (Fsp3) is 0.286. The van der Waals surface area contributed by atoms with Gasteiger partial charge in [0.2, 0.25) is 5.91 Å². The van der Waals surface area contributed by atoms with Crippen molar-refractivity contribution in [2.24, 2.45) is 5.73 Å². The fourth-order valence-electron chi connectivity index (χ4n) is 2.41. The van der Waals surface area contributed by atoms with Crippen molar-refractivity contribution in [3.63, 3.8) is 0 Å². The Morgan fingerprint density at radius 1 is 1.35 bits per heavy atom. The molecule has 3 rings (SSSR count). The number of anilines is 2. The minimum atomic E-state index is -0.470. The van der Waals surface area contributed by atoms with Crippen molar-refractivity contribution < 1.29 is 9.53 Å². The van der Waals surface area contributed by atoms with E-state index in [0.717, 1.165) is 16.7 Å². The fourth-order valence-corrected chi connectivity index (χ4v) is 2.41. The van der Waals surface area contributed by atoms with Crippen molar-refractivity contribution in [2.45, 2.75) is 6.04 Å². The minimum Gasteiger partial charge on any atom is -0.399 e. The van der Waals surface area contributed by atoms with Crippen LogP contribution in [0.25, 0.3) is 10.9 Å². The van der Waals surface area contributed by atoms with Gasteiger partial charge in [-0.2, -0.15) is 0 Å². The van der Waals surface area contributed by atoms with Crippen LogP contribution >= 0.6 is 0 Å². The van der Waals surface area contributed by atoms with Crippen LogP contribution in [0.2, 0.25) is 0 Å². The third-order valence-corrected chi connectivity index (χ3v) is 3.45. The number of carbonyl (C=O) groups excluding carboxylic acids is 1. The highest BCUT2D eigenvalue weighted by atomic mass is 16.5. The lowest BCUT2D eigenvalue weighted by Crippen LogP contribution is -2.52. The van der Waals surface area contributed by atoms with Crippen LogP contribution in [0.4, 0.5) is 11.5 Å². The van der Waals surface area contributed by atoms with Gasteiger partial charge in [-0.1, -0.05) is 0 Å². The average Bonchev–Trinajstić information content (AvgIpc) is 2.46. The van der Waals surface area contributed by atoms with Gasteiger partial charge >= 0.3 is 0 Å². The molecule has 1 amide bonds. The summed E-state index contributed by atoms with van der Waals surface area (Å²) in [6.07, 6.45) is 0. The lowest BCUT2D eigenvalue weighted by Gasteiger charge is -2.34. The second kappa shape index (κ2) is 4.97. The van der Waals surface area contributed by atoms with Crippen molar-refractivity contribution in [2.75, 3.05) is 30.4 Å². The molecule has 1 aromatic carbocycles. The molecule has 0 radical (unpaired) electrons. The number of aromatic nitrogens is 1. The molecule has 4 N–H and O–H groups in total. The van der Waals surface area contributed by atoms with E-state index in [4.69, 9.17) is 16.2 Å². The van der Waals surface area contributed by atoms with Crippen LogP contribution in [-0.2, 0) is 9.53 Å². The van der Waals surface area contributed by atoms with Gasteiger partial charge in [-0.25, -0.2) is 4.98 Å². The predicted octanol–water partition coefficient (Wildman–Crippen LogP) is 0.507. The number of pyridine rings is 1. The zero-order valence-electron chi connectivity index (χ0n) is 11.0. The SMILES string of the molecule is NC(=O)C1COCCN1c1ccc2cc(N)ccc2n1. The van der Waals surface area contributed by atoms with Crippen molar-refractivity contribution in [3.05, 3.63) is 30.3 Å². The molecule has 6 heteroatoms. The predicted molar refractivity (Wildman–Crippen MR) is 77.3 cm³/mol. The van der Waals surface area contributed by atoms with Crippen LogP contribution in [0.3, 0.4) is 0 Å². The van der Waals surface area contributed by atoms with E-state index < -0.39 is 11.9 Å². The maximum absolute atomic E-state index is 11.5. The molecule has 104 valence electrons. The molecule has 1 aliphatic rings. The number of morpholine rings is 1. The molecular weight excluding hydrogens is 256 g/mol. The van der Waals surface area contributed by atoms with Crippen LogP contribution in [0, 0.1) is 0 Å². The number of benzene rings is 1. The Balaban J connectivity index is 2.00. The van der Waals surface area contributed by atoms with Gasteiger partial charge in [0.15, 0.2) is 0 Å². The van der Waals surface area contributed by atoms with E-state index in [2.05, 4.69) is 4.98 Å². The summed E-state index contributed by atoms with van der Waals surface area (Å²) in [4.78, 5) is 18.0. The number of carbonyl (C=O) groups is 1. The van der Waals surface area contributed by atoms with Crippen LogP contribution in [0.5, 0.6) is 0 Å². The van der Waals surface area contributed by atoms with Crippen LogP contribution in [0.15, 0.2) is 30.3 Å². The topological polar surface area (TPSA) is 94.5 Å². The molecule has 1 saturated heterocycles. The number of nitrogens with zero attached hydrogens (tertiary/aromatic N) is 2. The molecule has 1 fully saturated rings. The molecule has 2 aromatic rings. The summed E-state index contributed by atoms with van der Waals surface area (Å²) in [6, 6.07) is 8.90. The average molecular weight is 272 g/mol. The molecule has 1 aliphatic heterocycles. The normalized spacial score (nSPS) is 19.2. The largest absolute Gasteiger partial charge is 0.399 e. The number of rotatable bonds is 2. The number of hydrogen-bond acceptors (Lipinski definition) is 5. The maximum Gasteiger partial charge on any atom is 0.242 e. The van der Waals surface area contributed by atoms with Gasteiger partial charge in [0.1, 0.15) is 11.9 Å². The van der Waals surface area contributed by atoms with E-state index in [-0.39, 0.29) is 0 Å². The number of ether oxygens (including phenoxy) is 1. The molecule has 1 aromatic heterocycles. The molecule has 0 bridgehead atoms. The second-order valence-electron chi connectivity index (χ2n) is 4.81. The second-order valence-corrected chi connectivity index (χ2v) is 4.81. The number of primary amides is 1. The monoisotopic (exact) mass is 272 g/mol. The van der Waals surface area contributed by atoms with E-state index in [1.165, 1.54) is 0 Å². The minimum absolute atomic E-state index is 0.302. The van der Waals surface area contributed by atoms with Gasteiger partial charge in [-0.15, -0.1) is 0 Å². The third kappa shape index (κ3) is 2.25. The van der Waals surface area contributed by atoms with Crippen molar-refractivity contribution in [1.82, 2.24) is 4.98 Å². The molecule has 20 heavy (non-hydrogen) atoms. The molecule has 6 nitrogen and oxygen atoms in total. The van der Waals surface area contributed by atoms with Crippen molar-refractivity contribution in [1.29, 1.82) is 0 Å². The number of hydrogen-bond donors (Lipinski definition) is 2. The first-order valence-corrected chi connectivity index (χ1v) is 6.45. The Morgan fingerprint density at radius 3 is 3.00 bits per heavy atom. The van der Waals surface area contributed by atoms with E-state index in [9.17, 15) is 4.79 Å². The van der Waals surface area contributed by atoms with E-state index >= 15 is 0 Å². The maximum atomic E-state index is 11.5. The summed E-state index contributed by atoms with van der Waals surface area (Å²) in [7, 11) is 0. The Kier molecular flexibility index (Phi) is 3.15. The van der Waals surface area contributed by atoms with Gasteiger partial charge in [-0.05, 0) is 30.3 Å². The molecule has 1 unspecified atom stereocenters. The van der Waals surface area contributed by atoms with E-state index in [1.807, 2.05) is 35.2 Å². The molecule has 0 spiro atoms. The summed E-state index contributed by atoms with van der Waals surface area (Å²) in [5, 5.41) is 0.970. The van der Waals surface area contributed by atoms with Crippen LogP contribution in [-0.4, -0.2) is 36.7 Å². The summed E-state index contributed by atoms with van der Waals surface area (Å²) >= 11 is 0. The van der Waals surface area contributed by atoms with Gasteiger partial charge in [0, 0.05) is 17.6 Å². The summed E-state index contributed by atoms with van der Waals surface area (Å²) in [6.45, 7) is 1.46. The summed E-state index contributed by atoms with van der Waals surface area (Å²) < 4.78 is 5.31. The quantitative estimate of drug-likeness (QED) is 0.777. The first-order valence-electron chi connectivity index (χ1n) is 6.45. The summed E-state index contributed by atoms with van der Waals surface area (Å²) in [5.41, 5.74) is 12.7. The van der Waals surface area contributed by atoms with Gasteiger partial charge in [0.25, 0.3) is 0 Å². The van der Waals surface area contributed by atoms with Crippen LogP contribution < -0.4 is 16.4 Å². The Labute approximate surface area is 116 Å². The highest BCUT2D eigenvalue weighted by molar-refractivity contribution is 5.86. The number of amides is 1. The zero-order chi connectivity index (χ0) is 14.1. The Bertz CT molecular complexity index is 659. The molecule has 0 aliphatic carbocycles. The standard InChI is InChI=1S/C14H16N4O2/c15-10-2-3-11-9(7-10)1-4-13(17-11)18-5-6-20-8-12(18)14(16)19/h1-4,7,12H,5-6,8,15H2,(H2,16,19). The number of fused-ring (bicyclic) bond motifs is 1. The third-order valence-electron chi connectivity index (χ3n) is 3.45. The molecule has 2 heterocycles. The summed E-state index contributed by atoms with van der Waals surface area (Å²) in [5.74, 6) is 0.332. The lowest BCUT2D eigenvalue weighted by atomic mass is 10.1. The van der Waals surface area contributed by atoms with E-state index in [1.54, 1.807) is 0 Å². The smallest absolute Gasteiger partial charge is 0.242 e. The van der Waals surface area contributed by atoms with Gasteiger partial charge in [0.05, 0.1) is 18.7 Å². The highest BCUT2D eigenvalue weighted by Crippen LogP contribution is 2.22. The zero-order valence-corrected chi connectivity index (χ0v) is 11.0. The first kappa shape index (κ1) is 12.7.